The second-order valence-corrected chi connectivity index (χ2v) is 6.26. The van der Waals surface area contributed by atoms with Gasteiger partial charge in [-0.2, -0.15) is 9.97 Å². The molecular formula is C19H16N6O3. The van der Waals surface area contributed by atoms with Crippen molar-refractivity contribution < 1.29 is 15.3 Å². The summed E-state index contributed by atoms with van der Waals surface area (Å²) in [5.74, 6) is -0.438. The van der Waals surface area contributed by atoms with E-state index in [1.54, 1.807) is 31.2 Å². The average Bonchev–Trinajstić information content (AvgIpc) is 2.65. The molecule has 2 aromatic carbocycles. The lowest BCUT2D eigenvalue weighted by molar-refractivity contribution is 0.404. The molecule has 0 amide bonds. The fraction of sp³-hybridized carbons (Fsp3) is 0.0526. The van der Waals surface area contributed by atoms with Crippen molar-refractivity contribution in [3.05, 3.63) is 42.0 Å². The summed E-state index contributed by atoms with van der Waals surface area (Å²) in [5, 5.41) is 29.6. The Bertz CT molecular complexity index is 1240. The summed E-state index contributed by atoms with van der Waals surface area (Å²) in [5.41, 5.74) is 14.6. The Morgan fingerprint density at radius 3 is 2.04 bits per heavy atom. The molecule has 7 N–H and O–H groups in total. The predicted molar refractivity (Wildman–Crippen MR) is 105 cm³/mol. The number of fused-ring (bicyclic) bond motifs is 1. The summed E-state index contributed by atoms with van der Waals surface area (Å²) in [6.07, 6.45) is 0. The lowest BCUT2D eigenvalue weighted by Gasteiger charge is -2.12. The average molecular weight is 376 g/mol. The molecule has 2 aromatic heterocycles. The Kier molecular flexibility index (Phi) is 3.85. The standard InChI is InChI=1S/C19H16N6O3/c1-8-2-3-9(6-12(8)27)15-14(10-4-5-11(26)13(28)7-10)22-16-17(20)24-19(21)25-18(16)23-15/h2-7,26-28H,1H3,(H4,20,21,23,24,25). The molecule has 0 aliphatic rings. The molecule has 140 valence electrons. The molecule has 0 atom stereocenters. The zero-order chi connectivity index (χ0) is 20.0. The zero-order valence-corrected chi connectivity index (χ0v) is 14.7. The number of aromatic hydroxyl groups is 3. The second-order valence-electron chi connectivity index (χ2n) is 6.26. The molecule has 2 heterocycles. The van der Waals surface area contributed by atoms with Gasteiger partial charge in [-0.3, -0.25) is 0 Å². The number of aryl methyl sites for hydroxylation is 1. The summed E-state index contributed by atoms with van der Waals surface area (Å²) in [7, 11) is 0. The molecule has 9 nitrogen and oxygen atoms in total. The fourth-order valence-corrected chi connectivity index (χ4v) is 2.82. The SMILES string of the molecule is Cc1ccc(-c2nc3nc(N)nc(N)c3nc2-c2ccc(O)c(O)c2)cc1O. The van der Waals surface area contributed by atoms with Crippen LogP contribution < -0.4 is 11.5 Å². The first-order valence-electron chi connectivity index (χ1n) is 8.26. The highest BCUT2D eigenvalue weighted by molar-refractivity contribution is 5.90. The molecule has 0 unspecified atom stereocenters. The molecule has 0 aliphatic heterocycles. The van der Waals surface area contributed by atoms with Crippen LogP contribution in [0.25, 0.3) is 33.7 Å². The molecule has 9 heteroatoms. The Labute approximate surface area is 159 Å². The van der Waals surface area contributed by atoms with Gasteiger partial charge < -0.3 is 26.8 Å². The molecule has 0 spiro atoms. The van der Waals surface area contributed by atoms with E-state index in [1.165, 1.54) is 12.1 Å². The van der Waals surface area contributed by atoms with Crippen molar-refractivity contribution in [1.29, 1.82) is 0 Å². The topological polar surface area (TPSA) is 164 Å². The van der Waals surface area contributed by atoms with Crippen LogP contribution in [0.4, 0.5) is 11.8 Å². The van der Waals surface area contributed by atoms with Crippen molar-refractivity contribution >= 4 is 22.9 Å². The lowest BCUT2D eigenvalue weighted by Crippen LogP contribution is -2.05. The number of hydrogen-bond donors (Lipinski definition) is 5. The number of nitrogens with two attached hydrogens (primary N) is 2. The van der Waals surface area contributed by atoms with Gasteiger partial charge in [0.15, 0.2) is 28.5 Å². The maximum absolute atomic E-state index is 10.1. The molecule has 28 heavy (non-hydrogen) atoms. The number of aromatic nitrogens is 4. The number of hydrogen-bond acceptors (Lipinski definition) is 9. The summed E-state index contributed by atoms with van der Waals surface area (Å²) in [6, 6.07) is 9.37. The summed E-state index contributed by atoms with van der Waals surface area (Å²) in [6.45, 7) is 1.78. The van der Waals surface area contributed by atoms with Gasteiger partial charge >= 0.3 is 0 Å². The first kappa shape index (κ1) is 17.3. The van der Waals surface area contributed by atoms with Crippen LogP contribution in [0.2, 0.25) is 0 Å². The maximum atomic E-state index is 10.1. The number of nitrogens with zero attached hydrogens (tertiary/aromatic N) is 4. The van der Waals surface area contributed by atoms with Crippen molar-refractivity contribution in [2.45, 2.75) is 6.92 Å². The van der Waals surface area contributed by atoms with E-state index < -0.39 is 0 Å². The molecule has 0 saturated carbocycles. The molecule has 0 saturated heterocycles. The number of phenolic OH excluding ortho intramolecular Hbond substituents is 3. The second kappa shape index (κ2) is 6.23. The molecular weight excluding hydrogens is 360 g/mol. The largest absolute Gasteiger partial charge is 0.508 e. The van der Waals surface area contributed by atoms with Gasteiger partial charge in [0.05, 0.1) is 11.4 Å². The number of benzene rings is 2. The van der Waals surface area contributed by atoms with Crippen LogP contribution >= 0.6 is 0 Å². The highest BCUT2D eigenvalue weighted by atomic mass is 16.3. The van der Waals surface area contributed by atoms with Crippen molar-refractivity contribution in [1.82, 2.24) is 19.9 Å². The van der Waals surface area contributed by atoms with E-state index in [2.05, 4.69) is 19.9 Å². The minimum absolute atomic E-state index is 0.0352. The smallest absolute Gasteiger partial charge is 0.224 e. The van der Waals surface area contributed by atoms with Crippen LogP contribution in [0.1, 0.15) is 5.56 Å². The van der Waals surface area contributed by atoms with E-state index in [4.69, 9.17) is 11.5 Å². The normalized spacial score (nSPS) is 11.0. The van der Waals surface area contributed by atoms with Gasteiger partial charge in [-0.15, -0.1) is 0 Å². The van der Waals surface area contributed by atoms with Crippen LogP contribution in [0.15, 0.2) is 36.4 Å². The van der Waals surface area contributed by atoms with E-state index in [-0.39, 0.29) is 40.2 Å². The number of anilines is 2. The zero-order valence-electron chi connectivity index (χ0n) is 14.7. The quantitative estimate of drug-likeness (QED) is 0.330. The van der Waals surface area contributed by atoms with Crippen LogP contribution in [0.3, 0.4) is 0 Å². The van der Waals surface area contributed by atoms with Crippen LogP contribution in [-0.2, 0) is 0 Å². The third-order valence-electron chi connectivity index (χ3n) is 4.31. The van der Waals surface area contributed by atoms with Gasteiger partial charge in [-0.25, -0.2) is 9.97 Å². The van der Waals surface area contributed by atoms with Crippen LogP contribution in [-0.4, -0.2) is 35.3 Å². The first-order valence-corrected chi connectivity index (χ1v) is 8.26. The molecule has 0 aliphatic carbocycles. The van der Waals surface area contributed by atoms with Crippen LogP contribution in [0, 0.1) is 6.92 Å². The molecule has 0 bridgehead atoms. The fourth-order valence-electron chi connectivity index (χ4n) is 2.82. The van der Waals surface area contributed by atoms with Gasteiger partial charge in [0.25, 0.3) is 0 Å². The van der Waals surface area contributed by atoms with E-state index in [0.29, 0.717) is 28.1 Å². The monoisotopic (exact) mass is 376 g/mol. The van der Waals surface area contributed by atoms with Crippen molar-refractivity contribution in [3.63, 3.8) is 0 Å². The summed E-state index contributed by atoms with van der Waals surface area (Å²) >= 11 is 0. The van der Waals surface area contributed by atoms with Gasteiger partial charge in [-0.1, -0.05) is 12.1 Å². The van der Waals surface area contributed by atoms with Gasteiger partial charge in [0.1, 0.15) is 5.75 Å². The minimum atomic E-state index is -0.307. The van der Waals surface area contributed by atoms with E-state index in [1.807, 2.05) is 0 Å². The molecule has 0 fully saturated rings. The third-order valence-corrected chi connectivity index (χ3v) is 4.31. The molecule has 4 rings (SSSR count). The Hall–Kier alpha value is -4.14. The predicted octanol–water partition coefficient (Wildman–Crippen LogP) is 2.34. The first-order chi connectivity index (χ1) is 13.3. The van der Waals surface area contributed by atoms with E-state index >= 15 is 0 Å². The van der Waals surface area contributed by atoms with Crippen LogP contribution in [0.5, 0.6) is 17.2 Å². The van der Waals surface area contributed by atoms with Crippen molar-refractivity contribution in [3.8, 4) is 39.8 Å². The summed E-state index contributed by atoms with van der Waals surface area (Å²) in [4.78, 5) is 17.1. The van der Waals surface area contributed by atoms with Crippen molar-refractivity contribution in [2.75, 3.05) is 11.5 Å². The van der Waals surface area contributed by atoms with E-state index in [9.17, 15) is 15.3 Å². The lowest BCUT2D eigenvalue weighted by atomic mass is 10.0. The van der Waals surface area contributed by atoms with Gasteiger partial charge in [0.2, 0.25) is 5.95 Å². The van der Waals surface area contributed by atoms with E-state index in [0.717, 1.165) is 0 Å². The third kappa shape index (κ3) is 2.84. The Balaban J connectivity index is 2.07. The Morgan fingerprint density at radius 2 is 1.36 bits per heavy atom. The summed E-state index contributed by atoms with van der Waals surface area (Å²) < 4.78 is 0. The number of rotatable bonds is 2. The maximum Gasteiger partial charge on any atom is 0.224 e. The number of phenols is 3. The highest BCUT2D eigenvalue weighted by Gasteiger charge is 2.18. The number of nitrogen functional groups attached to an aromatic ring is 2. The van der Waals surface area contributed by atoms with Gasteiger partial charge in [-0.05, 0) is 36.8 Å². The minimum Gasteiger partial charge on any atom is -0.508 e. The highest BCUT2D eigenvalue weighted by Crippen LogP contribution is 2.36. The molecule has 0 radical (unpaired) electrons. The molecule has 4 aromatic rings. The van der Waals surface area contributed by atoms with Crippen molar-refractivity contribution in [2.24, 2.45) is 0 Å². The van der Waals surface area contributed by atoms with Gasteiger partial charge in [0, 0.05) is 11.1 Å². The Morgan fingerprint density at radius 1 is 0.714 bits per heavy atom.